The molecule has 7 heteroatoms. The zero-order chi connectivity index (χ0) is 13.0. The van der Waals surface area contributed by atoms with Gasteiger partial charge in [-0.25, -0.2) is 0 Å². The average molecular weight is 260 g/mol. The molecule has 6 nitrogen and oxygen atoms in total. The number of hydrogen-bond acceptors (Lipinski definition) is 6. The minimum absolute atomic E-state index is 0.228. The quantitative estimate of drug-likeness (QED) is 0.580. The van der Waals surface area contributed by atoms with E-state index in [-0.39, 0.29) is 5.82 Å². The van der Waals surface area contributed by atoms with Gasteiger partial charge >= 0.3 is 0 Å². The largest absolute Gasteiger partial charge is 0.382 e. The molecule has 2 rings (SSSR count). The van der Waals surface area contributed by atoms with E-state index in [1.807, 2.05) is 24.3 Å². The van der Waals surface area contributed by atoms with Crippen LogP contribution in [0, 0.1) is 0 Å². The molecule has 0 saturated heterocycles. The third kappa shape index (κ3) is 2.69. The van der Waals surface area contributed by atoms with E-state index in [4.69, 9.17) is 23.7 Å². The van der Waals surface area contributed by atoms with E-state index < -0.39 is 0 Å². The van der Waals surface area contributed by atoms with E-state index in [1.54, 1.807) is 5.37 Å². The lowest BCUT2D eigenvalue weighted by Crippen LogP contribution is -1.85. The van der Waals surface area contributed by atoms with Crippen LogP contribution >= 0.6 is 12.2 Å². The van der Waals surface area contributed by atoms with Gasteiger partial charge in [0.2, 0.25) is 0 Å². The Morgan fingerprint density at radius 1 is 1.33 bits per heavy atom. The lowest BCUT2D eigenvalue weighted by Gasteiger charge is -1.97. The number of nitrogens with two attached hydrogens (primary N) is 2. The van der Waals surface area contributed by atoms with E-state index in [2.05, 4.69) is 20.4 Å². The monoisotopic (exact) mass is 260 g/mol. The molecule has 2 aromatic rings. The summed E-state index contributed by atoms with van der Waals surface area (Å²) < 4.78 is 0. The Hall–Kier alpha value is -2.28. The molecule has 0 unspecified atom stereocenters. The fourth-order valence-electron chi connectivity index (χ4n) is 1.42. The van der Waals surface area contributed by atoms with Gasteiger partial charge in [-0.15, -0.1) is 5.11 Å². The first-order valence-corrected chi connectivity index (χ1v) is 5.71. The van der Waals surface area contributed by atoms with Gasteiger partial charge < -0.3 is 11.5 Å². The Labute approximate surface area is 109 Å². The summed E-state index contributed by atoms with van der Waals surface area (Å²) in [6.07, 6.45) is 0.717. The van der Waals surface area contributed by atoms with Gasteiger partial charge in [0.15, 0.2) is 11.5 Å². The molecular formula is C11H12N6S. The molecule has 0 aliphatic rings. The second-order valence-electron chi connectivity index (χ2n) is 3.61. The summed E-state index contributed by atoms with van der Waals surface area (Å²) >= 11 is 4.82. The molecule has 0 fully saturated rings. The van der Waals surface area contributed by atoms with Gasteiger partial charge in [-0.05, 0) is 23.1 Å². The highest BCUT2D eigenvalue weighted by molar-refractivity contribution is 7.78. The number of hydrogen-bond donors (Lipinski definition) is 3. The molecule has 0 amide bonds. The number of nitrogens with zero attached hydrogens (tertiary/aromatic N) is 3. The fourth-order valence-corrected chi connectivity index (χ4v) is 1.61. The Kier molecular flexibility index (Phi) is 3.63. The van der Waals surface area contributed by atoms with Crippen molar-refractivity contribution in [1.82, 2.24) is 10.2 Å². The van der Waals surface area contributed by atoms with Gasteiger partial charge in [0, 0.05) is 6.42 Å². The topological polar surface area (TPSA) is 105 Å². The van der Waals surface area contributed by atoms with Gasteiger partial charge in [0.05, 0.1) is 5.69 Å². The number of H-pyrrole nitrogens is 1. The number of aromatic nitrogens is 2. The molecule has 18 heavy (non-hydrogen) atoms. The normalized spacial score (nSPS) is 10.9. The van der Waals surface area contributed by atoms with Gasteiger partial charge in [-0.1, -0.05) is 24.4 Å². The maximum absolute atomic E-state index is 5.61. The number of azo groups is 1. The summed E-state index contributed by atoms with van der Waals surface area (Å²) in [5, 5.41) is 16.0. The van der Waals surface area contributed by atoms with Crippen LogP contribution in [0.4, 0.5) is 23.0 Å². The molecule has 0 aliphatic carbocycles. The van der Waals surface area contributed by atoms with Crippen LogP contribution in [0.1, 0.15) is 5.56 Å². The van der Waals surface area contributed by atoms with E-state index >= 15 is 0 Å². The molecule has 1 heterocycles. The lowest BCUT2D eigenvalue weighted by molar-refractivity contribution is 1.11. The van der Waals surface area contributed by atoms with Crippen molar-refractivity contribution in [2.24, 2.45) is 10.2 Å². The van der Waals surface area contributed by atoms with Crippen LogP contribution in [0.5, 0.6) is 0 Å². The van der Waals surface area contributed by atoms with Gasteiger partial charge in [0.1, 0.15) is 5.82 Å². The molecule has 0 aliphatic heterocycles. The van der Waals surface area contributed by atoms with Crippen LogP contribution in [-0.4, -0.2) is 15.6 Å². The lowest BCUT2D eigenvalue weighted by atomic mass is 10.1. The Bertz CT molecular complexity index is 569. The number of thiocarbonyl (C=S) groups is 1. The molecule has 0 saturated carbocycles. The molecule has 1 aromatic heterocycles. The number of anilines is 2. The molecule has 0 atom stereocenters. The van der Waals surface area contributed by atoms with Gasteiger partial charge in [-0.3, -0.25) is 5.10 Å². The maximum atomic E-state index is 5.61. The van der Waals surface area contributed by atoms with E-state index in [0.717, 1.165) is 5.56 Å². The summed E-state index contributed by atoms with van der Waals surface area (Å²) in [5.74, 6) is 0.526. The smallest absolute Gasteiger partial charge is 0.175 e. The van der Waals surface area contributed by atoms with Crippen LogP contribution < -0.4 is 11.5 Å². The minimum Gasteiger partial charge on any atom is -0.382 e. The molecule has 0 radical (unpaired) electrons. The highest BCUT2D eigenvalue weighted by Gasteiger charge is 2.06. The predicted octanol–water partition coefficient (Wildman–Crippen LogP) is 2.53. The van der Waals surface area contributed by atoms with Crippen molar-refractivity contribution in [2.75, 3.05) is 11.5 Å². The third-order valence-electron chi connectivity index (χ3n) is 2.29. The van der Waals surface area contributed by atoms with Crippen LogP contribution in [0.3, 0.4) is 0 Å². The predicted molar refractivity (Wildman–Crippen MR) is 75.4 cm³/mol. The zero-order valence-electron chi connectivity index (χ0n) is 9.50. The molecule has 0 spiro atoms. The summed E-state index contributed by atoms with van der Waals surface area (Å²) in [5.41, 5.74) is 13.3. The third-order valence-corrected chi connectivity index (χ3v) is 2.46. The number of benzene rings is 1. The molecule has 92 valence electrons. The highest BCUT2D eigenvalue weighted by atomic mass is 32.1. The van der Waals surface area contributed by atoms with Gasteiger partial charge in [0.25, 0.3) is 0 Å². The number of rotatable bonds is 4. The summed E-state index contributed by atoms with van der Waals surface area (Å²) in [7, 11) is 0. The maximum Gasteiger partial charge on any atom is 0.175 e. The second-order valence-corrected chi connectivity index (χ2v) is 3.95. The Morgan fingerprint density at radius 2 is 2.17 bits per heavy atom. The fraction of sp³-hybridized carbons (Fsp3) is 0.0909. The Morgan fingerprint density at radius 3 is 2.83 bits per heavy atom. The van der Waals surface area contributed by atoms with E-state index in [1.165, 1.54) is 0 Å². The average Bonchev–Trinajstić information content (AvgIpc) is 2.68. The Balaban J connectivity index is 2.23. The van der Waals surface area contributed by atoms with Crippen LogP contribution in [0.2, 0.25) is 0 Å². The highest BCUT2D eigenvalue weighted by Crippen LogP contribution is 2.28. The van der Waals surface area contributed by atoms with Crippen molar-refractivity contribution in [3.63, 3.8) is 0 Å². The number of aromatic amines is 1. The number of nitrogens with one attached hydrogen (secondary N) is 1. The molecule has 0 bridgehead atoms. The standard InChI is InChI=1S/C11H12N6S/c12-10-9(11(13)17-16-10)15-14-8-3-1-2-7(6-8)4-5-18/h1-3,5-6H,4H2,(H5,12,13,16,17). The summed E-state index contributed by atoms with van der Waals surface area (Å²) in [6.45, 7) is 0. The second kappa shape index (κ2) is 5.37. The van der Waals surface area contributed by atoms with E-state index in [9.17, 15) is 0 Å². The minimum atomic E-state index is 0.228. The van der Waals surface area contributed by atoms with Crippen LogP contribution in [0.25, 0.3) is 0 Å². The van der Waals surface area contributed by atoms with Crippen LogP contribution in [-0.2, 0) is 6.42 Å². The van der Waals surface area contributed by atoms with Crippen LogP contribution in [0.15, 0.2) is 34.5 Å². The van der Waals surface area contributed by atoms with Crippen molar-refractivity contribution in [1.29, 1.82) is 0 Å². The van der Waals surface area contributed by atoms with Crippen molar-refractivity contribution in [3.8, 4) is 0 Å². The first kappa shape index (κ1) is 12.2. The molecule has 1 aromatic carbocycles. The summed E-state index contributed by atoms with van der Waals surface area (Å²) in [4.78, 5) is 0. The van der Waals surface area contributed by atoms with Crippen molar-refractivity contribution in [2.45, 2.75) is 6.42 Å². The number of nitrogen functional groups attached to an aromatic ring is 2. The van der Waals surface area contributed by atoms with Crippen molar-refractivity contribution in [3.05, 3.63) is 29.8 Å². The first-order valence-electron chi connectivity index (χ1n) is 5.24. The summed E-state index contributed by atoms with van der Waals surface area (Å²) in [6, 6.07) is 7.61. The zero-order valence-corrected chi connectivity index (χ0v) is 10.3. The van der Waals surface area contributed by atoms with Gasteiger partial charge in [-0.2, -0.15) is 10.2 Å². The van der Waals surface area contributed by atoms with Crippen molar-refractivity contribution < 1.29 is 0 Å². The van der Waals surface area contributed by atoms with Crippen molar-refractivity contribution >= 4 is 40.6 Å². The van der Waals surface area contributed by atoms with E-state index in [0.29, 0.717) is 23.6 Å². The molecule has 5 N–H and O–H groups in total. The SMILES string of the molecule is Nc1n[nH]c(N)c1N=Nc1cccc(CC=S)c1. The molecular weight excluding hydrogens is 248 g/mol. The first-order chi connectivity index (χ1) is 8.70.